The molecule has 2 aromatic rings. The van der Waals surface area contributed by atoms with E-state index in [1.54, 1.807) is 21.3 Å². The minimum absolute atomic E-state index is 0.0599. The highest BCUT2D eigenvalue weighted by Gasteiger charge is 2.29. The van der Waals surface area contributed by atoms with E-state index in [1.165, 1.54) is 0 Å². The zero-order chi connectivity index (χ0) is 30.4. The van der Waals surface area contributed by atoms with Gasteiger partial charge in [0.2, 0.25) is 5.91 Å². The van der Waals surface area contributed by atoms with Crippen molar-refractivity contribution in [3.05, 3.63) is 53.6 Å². The van der Waals surface area contributed by atoms with E-state index in [0.717, 1.165) is 29.7 Å². The number of benzene rings is 2. The molecule has 4 N–H and O–H groups in total. The molecule has 2 aromatic carbocycles. The van der Waals surface area contributed by atoms with Crippen molar-refractivity contribution >= 4 is 5.91 Å². The lowest BCUT2D eigenvalue weighted by Crippen LogP contribution is -2.42. The first-order chi connectivity index (χ1) is 19.6. The molecule has 8 nitrogen and oxygen atoms in total. The van der Waals surface area contributed by atoms with Crippen molar-refractivity contribution in [1.29, 1.82) is 0 Å². The smallest absolute Gasteiger partial charge is 0.223 e. The molecule has 0 bridgehead atoms. The van der Waals surface area contributed by atoms with Gasteiger partial charge in [-0.15, -0.1) is 0 Å². The molecule has 0 saturated carbocycles. The van der Waals surface area contributed by atoms with Gasteiger partial charge in [-0.25, -0.2) is 0 Å². The minimum atomic E-state index is -0.790. The van der Waals surface area contributed by atoms with Gasteiger partial charge in [0.15, 0.2) is 11.5 Å². The molecule has 0 fully saturated rings. The molecule has 0 aliphatic rings. The highest BCUT2D eigenvalue weighted by molar-refractivity contribution is 5.78. The Morgan fingerprint density at radius 1 is 0.902 bits per heavy atom. The third-order valence-corrected chi connectivity index (χ3v) is 7.73. The standard InChI is InChI=1S/C33H52N2O6/c1-22(2)26(16-24-12-13-31(40-7)32(18-24)41-15-9-14-38-5)19-29(34)30(36)20-28(23(3)4)33(37)35-21-25-10-8-11-27(17-25)39-6/h8,10-13,17-18,22-23,26,28-30,36H,9,14-16,19-21,34H2,1-7H3,(H,35,37)/t26-,28-,29-,30-/m0/s1. The number of aliphatic hydroxyl groups excluding tert-OH is 1. The van der Waals surface area contributed by atoms with Gasteiger partial charge in [-0.3, -0.25) is 4.79 Å². The monoisotopic (exact) mass is 572 g/mol. The number of aliphatic hydroxyl groups is 1. The highest BCUT2D eigenvalue weighted by atomic mass is 16.5. The van der Waals surface area contributed by atoms with Crippen LogP contribution >= 0.6 is 0 Å². The number of carbonyl (C=O) groups is 1. The van der Waals surface area contributed by atoms with Crippen molar-refractivity contribution in [3.63, 3.8) is 0 Å². The second kappa shape index (κ2) is 17.9. The summed E-state index contributed by atoms with van der Waals surface area (Å²) in [4.78, 5) is 13.1. The summed E-state index contributed by atoms with van der Waals surface area (Å²) in [6, 6.07) is 13.2. The van der Waals surface area contributed by atoms with Gasteiger partial charge in [0.25, 0.3) is 0 Å². The Bertz CT molecular complexity index is 1040. The fourth-order valence-corrected chi connectivity index (χ4v) is 4.97. The normalized spacial score (nSPS) is 14.4. The fraction of sp³-hybridized carbons (Fsp3) is 0.606. The Morgan fingerprint density at radius 2 is 1.66 bits per heavy atom. The van der Waals surface area contributed by atoms with Crippen LogP contribution in [0.4, 0.5) is 0 Å². The molecule has 0 aliphatic carbocycles. The first-order valence-corrected chi connectivity index (χ1v) is 14.7. The van der Waals surface area contributed by atoms with E-state index in [9.17, 15) is 9.90 Å². The summed E-state index contributed by atoms with van der Waals surface area (Å²) in [6.07, 6.45) is 1.76. The molecular weight excluding hydrogens is 520 g/mol. The van der Waals surface area contributed by atoms with Crippen molar-refractivity contribution in [3.8, 4) is 17.2 Å². The molecule has 0 aliphatic heterocycles. The summed E-state index contributed by atoms with van der Waals surface area (Å²) >= 11 is 0. The number of ether oxygens (including phenoxy) is 4. The minimum Gasteiger partial charge on any atom is -0.497 e. The molecule has 0 spiro atoms. The molecule has 230 valence electrons. The summed E-state index contributed by atoms with van der Waals surface area (Å²) in [6.45, 7) is 9.95. The fourth-order valence-electron chi connectivity index (χ4n) is 4.97. The van der Waals surface area contributed by atoms with Gasteiger partial charge in [-0.05, 0) is 72.4 Å². The van der Waals surface area contributed by atoms with Gasteiger partial charge in [0.1, 0.15) is 5.75 Å². The van der Waals surface area contributed by atoms with Crippen LogP contribution in [-0.4, -0.2) is 57.7 Å². The lowest BCUT2D eigenvalue weighted by atomic mass is 9.81. The Balaban J connectivity index is 2.01. The van der Waals surface area contributed by atoms with Gasteiger partial charge >= 0.3 is 0 Å². The second-order valence-corrected chi connectivity index (χ2v) is 11.5. The van der Waals surface area contributed by atoms with Crippen LogP contribution in [0, 0.1) is 23.7 Å². The molecule has 1 amide bonds. The second-order valence-electron chi connectivity index (χ2n) is 11.5. The van der Waals surface area contributed by atoms with Crippen LogP contribution in [0.2, 0.25) is 0 Å². The van der Waals surface area contributed by atoms with Gasteiger partial charge in [-0.1, -0.05) is 45.9 Å². The highest BCUT2D eigenvalue weighted by Crippen LogP contribution is 2.32. The number of nitrogens with two attached hydrogens (primary N) is 1. The van der Waals surface area contributed by atoms with E-state index in [0.29, 0.717) is 50.0 Å². The van der Waals surface area contributed by atoms with E-state index >= 15 is 0 Å². The Morgan fingerprint density at radius 3 is 2.29 bits per heavy atom. The third kappa shape index (κ3) is 11.5. The lowest BCUT2D eigenvalue weighted by Gasteiger charge is -2.30. The SMILES string of the molecule is COCCCOc1cc(C[C@@H](C[C@H](N)[C@@H](O)C[C@H](C(=O)NCc2cccc(OC)c2)C(C)C)C(C)C)ccc1OC. The number of hydrogen-bond acceptors (Lipinski definition) is 7. The summed E-state index contributed by atoms with van der Waals surface area (Å²) in [5.74, 6) is 2.39. The summed E-state index contributed by atoms with van der Waals surface area (Å²) in [5.41, 5.74) is 8.66. The van der Waals surface area contributed by atoms with Crippen molar-refractivity contribution in [2.24, 2.45) is 29.4 Å². The van der Waals surface area contributed by atoms with Gasteiger partial charge in [-0.2, -0.15) is 0 Å². The topological polar surface area (TPSA) is 112 Å². The molecule has 0 saturated heterocycles. The van der Waals surface area contributed by atoms with Gasteiger partial charge in [0.05, 0.1) is 26.9 Å². The lowest BCUT2D eigenvalue weighted by molar-refractivity contribution is -0.127. The Labute approximate surface area is 246 Å². The predicted molar refractivity (Wildman–Crippen MR) is 163 cm³/mol. The number of methoxy groups -OCH3 is 3. The van der Waals surface area contributed by atoms with E-state index in [-0.39, 0.29) is 23.7 Å². The van der Waals surface area contributed by atoms with E-state index in [1.807, 2.05) is 50.2 Å². The van der Waals surface area contributed by atoms with Crippen LogP contribution in [-0.2, 0) is 22.5 Å². The maximum absolute atomic E-state index is 13.1. The van der Waals surface area contributed by atoms with Crippen molar-refractivity contribution in [1.82, 2.24) is 5.32 Å². The van der Waals surface area contributed by atoms with Gasteiger partial charge < -0.3 is 35.1 Å². The summed E-state index contributed by atoms with van der Waals surface area (Å²) in [7, 11) is 4.93. The molecule has 0 radical (unpaired) electrons. The summed E-state index contributed by atoms with van der Waals surface area (Å²) < 4.78 is 21.8. The molecule has 4 atom stereocenters. The first kappa shape index (κ1) is 34.4. The van der Waals surface area contributed by atoms with Crippen LogP contribution in [0.1, 0.15) is 58.1 Å². The average molecular weight is 573 g/mol. The van der Waals surface area contributed by atoms with Crippen molar-refractivity contribution in [2.45, 2.75) is 72.1 Å². The van der Waals surface area contributed by atoms with Crippen molar-refractivity contribution in [2.75, 3.05) is 34.5 Å². The quantitative estimate of drug-likeness (QED) is 0.203. The molecule has 0 heterocycles. The molecule has 2 rings (SSSR count). The Kier molecular flexibility index (Phi) is 15.0. The van der Waals surface area contributed by atoms with E-state index < -0.39 is 12.1 Å². The van der Waals surface area contributed by atoms with Gasteiger partial charge in [0, 0.05) is 38.6 Å². The van der Waals surface area contributed by atoms with Crippen LogP contribution in [0.15, 0.2) is 42.5 Å². The molecular formula is C33H52N2O6. The molecule has 0 aromatic heterocycles. The predicted octanol–water partition coefficient (Wildman–Crippen LogP) is 4.99. The Hall–Kier alpha value is -2.81. The number of amides is 1. The zero-order valence-electron chi connectivity index (χ0n) is 26.0. The first-order valence-electron chi connectivity index (χ1n) is 14.7. The molecule has 41 heavy (non-hydrogen) atoms. The van der Waals surface area contributed by atoms with Crippen LogP contribution in [0.25, 0.3) is 0 Å². The zero-order valence-corrected chi connectivity index (χ0v) is 26.0. The third-order valence-electron chi connectivity index (χ3n) is 7.73. The average Bonchev–Trinajstić information content (AvgIpc) is 2.96. The van der Waals surface area contributed by atoms with E-state index in [2.05, 4.69) is 25.2 Å². The number of nitrogens with one attached hydrogen (secondary N) is 1. The maximum atomic E-state index is 13.1. The summed E-state index contributed by atoms with van der Waals surface area (Å²) in [5, 5.41) is 14.1. The van der Waals surface area contributed by atoms with Crippen LogP contribution < -0.4 is 25.3 Å². The van der Waals surface area contributed by atoms with Crippen LogP contribution in [0.5, 0.6) is 17.2 Å². The number of rotatable bonds is 19. The van der Waals surface area contributed by atoms with E-state index in [4.69, 9.17) is 24.7 Å². The van der Waals surface area contributed by atoms with Crippen LogP contribution in [0.3, 0.4) is 0 Å². The maximum Gasteiger partial charge on any atom is 0.223 e. The number of hydrogen-bond donors (Lipinski definition) is 3. The molecule has 0 unspecified atom stereocenters. The molecule has 8 heteroatoms. The van der Waals surface area contributed by atoms with Crippen molar-refractivity contribution < 1.29 is 28.8 Å². The largest absolute Gasteiger partial charge is 0.497 e. The number of carbonyl (C=O) groups excluding carboxylic acids is 1.